The molecular weight excluding hydrogens is 579 g/mol. The molecule has 0 aliphatic heterocycles. The van der Waals surface area contributed by atoms with E-state index in [9.17, 15) is 0 Å². The Morgan fingerprint density at radius 2 is 1.06 bits per heavy atom. The molecule has 0 aliphatic carbocycles. The fourth-order valence-electron chi connectivity index (χ4n) is 5.74. The molecule has 0 saturated carbocycles. The van der Waals surface area contributed by atoms with Crippen molar-refractivity contribution in [3.8, 4) is 9.75 Å². The molecule has 36 heavy (non-hydrogen) atoms. The molecule has 206 valence electrons. The van der Waals surface area contributed by atoms with E-state index in [1.807, 2.05) is 2.89 Å². The van der Waals surface area contributed by atoms with E-state index in [0.29, 0.717) is 0 Å². The predicted octanol–water partition coefficient (Wildman–Crippen LogP) is 12.1. The average Bonchev–Trinajstić information content (AvgIpc) is 3.48. The van der Waals surface area contributed by atoms with E-state index in [-0.39, 0.29) is 0 Å². The van der Waals surface area contributed by atoms with Crippen molar-refractivity contribution in [2.45, 2.75) is 158 Å². The molecule has 0 bridgehead atoms. The van der Waals surface area contributed by atoms with Crippen LogP contribution in [0.1, 0.15) is 141 Å². The van der Waals surface area contributed by atoms with Crippen molar-refractivity contribution in [2.75, 3.05) is 0 Å². The van der Waals surface area contributed by atoms with Crippen LogP contribution < -0.4 is 2.89 Å². The van der Waals surface area contributed by atoms with Crippen LogP contribution >= 0.6 is 22.7 Å². The summed E-state index contributed by atoms with van der Waals surface area (Å²) < 4.78 is 6.71. The van der Waals surface area contributed by atoms with Crippen LogP contribution in [0.3, 0.4) is 0 Å². The topological polar surface area (TPSA) is 0 Å². The second-order valence-corrected chi connectivity index (χ2v) is 27.8. The van der Waals surface area contributed by atoms with E-state index >= 15 is 0 Å². The average molecular weight is 638 g/mol. The molecule has 0 N–H and O–H groups in total. The van der Waals surface area contributed by atoms with Crippen molar-refractivity contribution >= 4 is 43.9 Å². The summed E-state index contributed by atoms with van der Waals surface area (Å²) in [4.78, 5) is 4.85. The zero-order chi connectivity index (χ0) is 26.2. The first-order valence-corrected chi connectivity index (χ1v) is 24.9. The summed E-state index contributed by atoms with van der Waals surface area (Å²) in [6.45, 7) is 14.3. The molecule has 0 amide bonds. The quantitative estimate of drug-likeness (QED) is 0.0944. The number of rotatable bonds is 21. The Kier molecular flexibility index (Phi) is 16.6. The van der Waals surface area contributed by atoms with Crippen LogP contribution in [-0.4, -0.2) is 18.4 Å². The van der Waals surface area contributed by atoms with Gasteiger partial charge in [-0.15, -0.1) is 0 Å². The Bertz CT molecular complexity index is 809. The van der Waals surface area contributed by atoms with Crippen molar-refractivity contribution in [1.82, 2.24) is 0 Å². The SMILES string of the molecule is CCCCCCc1cc(-c2s[c]([Sn]([CH2]CCC)([CH2]CCC)[CH2]CCC)cc2CCCCCC)sc1C. The van der Waals surface area contributed by atoms with Gasteiger partial charge in [0.15, 0.2) is 0 Å². The summed E-state index contributed by atoms with van der Waals surface area (Å²) in [5.74, 6) is 0. The van der Waals surface area contributed by atoms with Gasteiger partial charge in [0.05, 0.1) is 0 Å². The van der Waals surface area contributed by atoms with Gasteiger partial charge in [-0.05, 0) is 0 Å². The minimum atomic E-state index is -2.39. The van der Waals surface area contributed by atoms with Crippen LogP contribution in [0.25, 0.3) is 9.75 Å². The molecule has 0 saturated heterocycles. The van der Waals surface area contributed by atoms with Crippen LogP contribution in [0, 0.1) is 6.92 Å². The van der Waals surface area contributed by atoms with Gasteiger partial charge in [0, 0.05) is 0 Å². The standard InChI is InChI=1S/C21H31S2.3C4H9.Sn/c1-4-6-8-10-12-18-14-15-22-21(18)20-16-19(17(3)23-20)13-11-9-7-5-2;3*1-3-4-2;/h14,16H,4-13H2,1-3H3;3*1,3-4H2,2H3;. The van der Waals surface area contributed by atoms with E-state index in [1.165, 1.54) is 103 Å². The molecular formula is C33H58S2Sn. The van der Waals surface area contributed by atoms with Gasteiger partial charge in [-0.2, -0.15) is 0 Å². The number of thiophene rings is 2. The maximum atomic E-state index is 2.80. The molecule has 0 atom stereocenters. The second kappa shape index (κ2) is 18.5. The van der Waals surface area contributed by atoms with Crippen LogP contribution in [0.4, 0.5) is 0 Å². The van der Waals surface area contributed by atoms with Gasteiger partial charge < -0.3 is 0 Å². The maximum absolute atomic E-state index is 2.80. The first kappa shape index (κ1) is 32.4. The zero-order valence-corrected chi connectivity index (χ0v) is 29.4. The van der Waals surface area contributed by atoms with Gasteiger partial charge in [0.1, 0.15) is 0 Å². The molecule has 0 aliphatic rings. The number of hydrogen-bond acceptors (Lipinski definition) is 2. The Morgan fingerprint density at radius 1 is 0.556 bits per heavy atom. The van der Waals surface area contributed by atoms with Gasteiger partial charge in [-0.1, -0.05) is 0 Å². The Labute approximate surface area is 238 Å². The van der Waals surface area contributed by atoms with Crippen LogP contribution in [0.15, 0.2) is 12.1 Å². The van der Waals surface area contributed by atoms with E-state index in [0.717, 1.165) is 0 Å². The van der Waals surface area contributed by atoms with E-state index in [1.54, 1.807) is 39.1 Å². The summed E-state index contributed by atoms with van der Waals surface area (Å²) in [7, 11) is 0. The van der Waals surface area contributed by atoms with Crippen molar-refractivity contribution in [3.63, 3.8) is 0 Å². The summed E-state index contributed by atoms with van der Waals surface area (Å²) in [6.07, 6.45) is 22.0. The molecule has 0 aromatic carbocycles. The molecule has 2 aromatic rings. The molecule has 0 fully saturated rings. The summed E-state index contributed by atoms with van der Waals surface area (Å²) in [6, 6.07) is 5.41. The molecule has 0 spiro atoms. The Morgan fingerprint density at radius 3 is 1.56 bits per heavy atom. The van der Waals surface area contributed by atoms with Crippen molar-refractivity contribution in [1.29, 1.82) is 0 Å². The predicted molar refractivity (Wildman–Crippen MR) is 173 cm³/mol. The summed E-state index contributed by atoms with van der Waals surface area (Å²) in [5, 5.41) is 0. The van der Waals surface area contributed by atoms with E-state index in [2.05, 4.69) is 76.3 Å². The monoisotopic (exact) mass is 638 g/mol. The molecule has 3 heteroatoms. The Hall–Kier alpha value is 0.199. The van der Waals surface area contributed by atoms with Gasteiger partial charge >= 0.3 is 239 Å². The van der Waals surface area contributed by atoms with E-state index in [4.69, 9.17) is 0 Å². The minimum absolute atomic E-state index is 1.28. The molecule has 0 radical (unpaired) electrons. The third-order valence-corrected chi connectivity index (χ3v) is 28.9. The van der Waals surface area contributed by atoms with Crippen LogP contribution in [0.5, 0.6) is 0 Å². The summed E-state index contributed by atoms with van der Waals surface area (Å²) >= 11 is 2.00. The van der Waals surface area contributed by atoms with Gasteiger partial charge in [-0.25, -0.2) is 0 Å². The number of aryl methyl sites for hydroxylation is 3. The molecule has 0 nitrogen and oxygen atoms in total. The molecule has 0 unspecified atom stereocenters. The number of unbranched alkanes of at least 4 members (excludes halogenated alkanes) is 9. The van der Waals surface area contributed by atoms with Crippen molar-refractivity contribution in [3.05, 3.63) is 28.1 Å². The molecule has 2 rings (SSSR count). The first-order valence-electron chi connectivity index (χ1n) is 15.8. The number of hydrogen-bond donors (Lipinski definition) is 0. The zero-order valence-electron chi connectivity index (χ0n) is 24.9. The van der Waals surface area contributed by atoms with Gasteiger partial charge in [0.2, 0.25) is 0 Å². The van der Waals surface area contributed by atoms with E-state index < -0.39 is 18.4 Å². The fraction of sp³-hybridized carbons (Fsp3) is 0.758. The molecule has 2 heterocycles. The summed E-state index contributed by atoms with van der Waals surface area (Å²) in [5.41, 5.74) is 3.35. The third-order valence-electron chi connectivity index (χ3n) is 8.20. The fourth-order valence-corrected chi connectivity index (χ4v) is 27.4. The first-order chi connectivity index (χ1) is 17.5. The normalized spacial score (nSPS) is 12.1. The van der Waals surface area contributed by atoms with Gasteiger partial charge in [0.25, 0.3) is 0 Å². The molecule has 2 aromatic heterocycles. The Balaban J connectivity index is 2.44. The van der Waals surface area contributed by atoms with Crippen LogP contribution in [0.2, 0.25) is 13.3 Å². The van der Waals surface area contributed by atoms with Crippen molar-refractivity contribution in [2.24, 2.45) is 0 Å². The van der Waals surface area contributed by atoms with Crippen molar-refractivity contribution < 1.29 is 0 Å². The third kappa shape index (κ3) is 10.1. The second-order valence-electron chi connectivity index (χ2n) is 11.4. The van der Waals surface area contributed by atoms with Crippen LogP contribution in [-0.2, 0) is 12.8 Å². The van der Waals surface area contributed by atoms with Gasteiger partial charge in [-0.3, -0.25) is 0 Å².